The SMILES string of the molecule is CN(C[C@H]1CCn2ccnc2C1)C(=O)[C@@H]1CCCOC1. The first-order valence-electron chi connectivity index (χ1n) is 7.57. The zero-order chi connectivity index (χ0) is 13.9. The van der Waals surface area contributed by atoms with E-state index in [2.05, 4.69) is 9.55 Å². The summed E-state index contributed by atoms with van der Waals surface area (Å²) < 4.78 is 7.63. The maximum Gasteiger partial charge on any atom is 0.227 e. The van der Waals surface area contributed by atoms with Crippen molar-refractivity contribution < 1.29 is 9.53 Å². The van der Waals surface area contributed by atoms with E-state index in [-0.39, 0.29) is 11.8 Å². The lowest BCUT2D eigenvalue weighted by molar-refractivity contribution is -0.139. The van der Waals surface area contributed by atoms with Gasteiger partial charge in [0, 0.05) is 45.6 Å². The Balaban J connectivity index is 1.54. The second kappa shape index (κ2) is 5.95. The van der Waals surface area contributed by atoms with Crippen LogP contribution in [0.25, 0.3) is 0 Å². The second-order valence-corrected chi connectivity index (χ2v) is 6.03. The van der Waals surface area contributed by atoms with Gasteiger partial charge in [0.2, 0.25) is 5.91 Å². The molecule has 0 N–H and O–H groups in total. The molecule has 0 spiro atoms. The lowest BCUT2D eigenvalue weighted by Crippen LogP contribution is -2.40. The average Bonchev–Trinajstić information content (AvgIpc) is 2.95. The normalized spacial score (nSPS) is 26.1. The molecule has 1 aromatic rings. The summed E-state index contributed by atoms with van der Waals surface area (Å²) in [4.78, 5) is 18.7. The summed E-state index contributed by atoms with van der Waals surface area (Å²) in [7, 11) is 1.93. The lowest BCUT2D eigenvalue weighted by atomic mass is 9.95. The third kappa shape index (κ3) is 2.87. The van der Waals surface area contributed by atoms with Crippen LogP contribution in [0.4, 0.5) is 0 Å². The van der Waals surface area contributed by atoms with Crippen LogP contribution >= 0.6 is 0 Å². The number of aromatic nitrogens is 2. The Morgan fingerprint density at radius 2 is 2.45 bits per heavy atom. The van der Waals surface area contributed by atoms with Gasteiger partial charge in [-0.25, -0.2) is 4.98 Å². The highest BCUT2D eigenvalue weighted by Crippen LogP contribution is 2.21. The zero-order valence-corrected chi connectivity index (χ0v) is 12.1. The van der Waals surface area contributed by atoms with Gasteiger partial charge in [0.05, 0.1) is 12.5 Å². The standard InChI is InChI=1S/C15H23N3O2/c1-17(15(19)13-3-2-8-20-11-13)10-12-4-6-18-7-5-16-14(18)9-12/h5,7,12-13H,2-4,6,8-11H2,1H3/t12-,13+/m0/s1. The van der Waals surface area contributed by atoms with Crippen LogP contribution in [0.2, 0.25) is 0 Å². The molecule has 110 valence electrons. The van der Waals surface area contributed by atoms with E-state index in [1.54, 1.807) is 0 Å². The predicted molar refractivity (Wildman–Crippen MR) is 75.2 cm³/mol. The van der Waals surface area contributed by atoms with Crippen molar-refractivity contribution in [2.45, 2.75) is 32.2 Å². The van der Waals surface area contributed by atoms with Crippen molar-refractivity contribution in [3.05, 3.63) is 18.2 Å². The number of amides is 1. The molecule has 1 amide bonds. The Kier molecular flexibility index (Phi) is 4.05. The largest absolute Gasteiger partial charge is 0.381 e. The van der Waals surface area contributed by atoms with Crippen LogP contribution in [0.3, 0.4) is 0 Å². The molecule has 2 atom stereocenters. The van der Waals surface area contributed by atoms with Crippen molar-refractivity contribution in [2.24, 2.45) is 11.8 Å². The van der Waals surface area contributed by atoms with E-state index in [1.165, 1.54) is 0 Å². The van der Waals surface area contributed by atoms with Gasteiger partial charge in [0.15, 0.2) is 0 Å². The highest BCUT2D eigenvalue weighted by atomic mass is 16.5. The fourth-order valence-corrected chi connectivity index (χ4v) is 3.30. The van der Waals surface area contributed by atoms with Gasteiger partial charge in [-0.05, 0) is 25.2 Å². The van der Waals surface area contributed by atoms with Gasteiger partial charge in [-0.1, -0.05) is 0 Å². The molecule has 5 nitrogen and oxygen atoms in total. The molecule has 1 saturated heterocycles. The van der Waals surface area contributed by atoms with Gasteiger partial charge < -0.3 is 14.2 Å². The Bertz CT molecular complexity index is 465. The van der Waals surface area contributed by atoms with Crippen molar-refractivity contribution in [3.63, 3.8) is 0 Å². The summed E-state index contributed by atoms with van der Waals surface area (Å²) >= 11 is 0. The quantitative estimate of drug-likeness (QED) is 0.837. The minimum absolute atomic E-state index is 0.0688. The van der Waals surface area contributed by atoms with Gasteiger partial charge >= 0.3 is 0 Å². The maximum absolute atomic E-state index is 12.4. The molecular formula is C15H23N3O2. The number of hydrogen-bond acceptors (Lipinski definition) is 3. The summed E-state index contributed by atoms with van der Waals surface area (Å²) in [5.74, 6) is 2.00. The minimum atomic E-state index is 0.0688. The molecule has 2 aliphatic heterocycles. The number of imidazole rings is 1. The first-order valence-corrected chi connectivity index (χ1v) is 7.57. The monoisotopic (exact) mass is 277 g/mol. The van der Waals surface area contributed by atoms with Crippen molar-refractivity contribution >= 4 is 5.91 Å². The molecule has 0 aromatic carbocycles. The van der Waals surface area contributed by atoms with Gasteiger partial charge in [-0.3, -0.25) is 4.79 Å². The predicted octanol–water partition coefficient (Wildman–Crippen LogP) is 1.33. The van der Waals surface area contributed by atoms with Gasteiger partial charge in [-0.15, -0.1) is 0 Å². The summed E-state index contributed by atoms with van der Waals surface area (Å²) in [5, 5.41) is 0. The molecule has 0 aliphatic carbocycles. The van der Waals surface area contributed by atoms with Crippen molar-refractivity contribution in [2.75, 3.05) is 26.8 Å². The average molecular weight is 277 g/mol. The maximum atomic E-state index is 12.4. The first kappa shape index (κ1) is 13.6. The molecule has 0 radical (unpaired) electrons. The molecule has 3 rings (SSSR count). The van der Waals surface area contributed by atoms with Crippen molar-refractivity contribution in [1.82, 2.24) is 14.5 Å². The Labute approximate surface area is 119 Å². The second-order valence-electron chi connectivity index (χ2n) is 6.03. The van der Waals surface area contributed by atoms with Crippen molar-refractivity contribution in [3.8, 4) is 0 Å². The van der Waals surface area contributed by atoms with E-state index in [0.29, 0.717) is 12.5 Å². The minimum Gasteiger partial charge on any atom is -0.381 e. The number of rotatable bonds is 3. The summed E-state index contributed by atoms with van der Waals surface area (Å²) in [6, 6.07) is 0. The first-order chi connectivity index (χ1) is 9.74. The summed E-state index contributed by atoms with van der Waals surface area (Å²) in [6.45, 7) is 3.26. The van der Waals surface area contributed by atoms with Crippen LogP contribution in [-0.4, -0.2) is 47.2 Å². The highest BCUT2D eigenvalue weighted by molar-refractivity contribution is 5.78. The number of ether oxygens (including phenoxy) is 1. The number of nitrogens with zero attached hydrogens (tertiary/aromatic N) is 3. The van der Waals surface area contributed by atoms with E-state index < -0.39 is 0 Å². The molecule has 0 saturated carbocycles. The van der Waals surface area contributed by atoms with Crippen LogP contribution in [0.5, 0.6) is 0 Å². The molecule has 3 heterocycles. The number of fused-ring (bicyclic) bond motifs is 1. The highest BCUT2D eigenvalue weighted by Gasteiger charge is 2.27. The Hall–Kier alpha value is -1.36. The van der Waals surface area contributed by atoms with Crippen molar-refractivity contribution in [1.29, 1.82) is 0 Å². The number of hydrogen-bond donors (Lipinski definition) is 0. The van der Waals surface area contributed by atoms with Gasteiger partial charge in [-0.2, -0.15) is 0 Å². The van der Waals surface area contributed by atoms with Gasteiger partial charge in [0.1, 0.15) is 5.82 Å². The topological polar surface area (TPSA) is 47.4 Å². The molecule has 0 unspecified atom stereocenters. The molecule has 1 fully saturated rings. The molecule has 5 heteroatoms. The molecule has 20 heavy (non-hydrogen) atoms. The van der Waals surface area contributed by atoms with Gasteiger partial charge in [0.25, 0.3) is 0 Å². The molecule has 1 aromatic heterocycles. The Morgan fingerprint density at radius 1 is 1.55 bits per heavy atom. The van der Waals surface area contributed by atoms with E-state index in [9.17, 15) is 4.79 Å². The van der Waals surface area contributed by atoms with E-state index >= 15 is 0 Å². The van der Waals surface area contributed by atoms with E-state index in [0.717, 1.165) is 51.2 Å². The lowest BCUT2D eigenvalue weighted by Gasteiger charge is -2.31. The van der Waals surface area contributed by atoms with Crippen LogP contribution in [0.15, 0.2) is 12.4 Å². The smallest absolute Gasteiger partial charge is 0.227 e. The molecule has 2 aliphatic rings. The fourth-order valence-electron chi connectivity index (χ4n) is 3.30. The number of aryl methyl sites for hydroxylation is 1. The third-order valence-electron chi connectivity index (χ3n) is 4.47. The van der Waals surface area contributed by atoms with Crippen LogP contribution in [0, 0.1) is 11.8 Å². The molecule has 0 bridgehead atoms. The van der Waals surface area contributed by atoms with Crippen LogP contribution in [0.1, 0.15) is 25.1 Å². The Morgan fingerprint density at radius 3 is 3.25 bits per heavy atom. The fraction of sp³-hybridized carbons (Fsp3) is 0.733. The number of carbonyl (C=O) groups excluding carboxylic acids is 1. The number of carbonyl (C=O) groups is 1. The van der Waals surface area contributed by atoms with E-state index in [1.807, 2.05) is 24.3 Å². The summed E-state index contributed by atoms with van der Waals surface area (Å²) in [5.41, 5.74) is 0. The van der Waals surface area contributed by atoms with E-state index in [4.69, 9.17) is 4.74 Å². The zero-order valence-electron chi connectivity index (χ0n) is 12.1. The van der Waals surface area contributed by atoms with Crippen LogP contribution < -0.4 is 0 Å². The molecular weight excluding hydrogens is 254 g/mol. The summed E-state index contributed by atoms with van der Waals surface area (Å²) in [6.07, 6.45) is 7.99. The third-order valence-corrected chi connectivity index (χ3v) is 4.47. The van der Waals surface area contributed by atoms with Crippen LogP contribution in [-0.2, 0) is 22.5 Å².